The molecule has 0 bridgehead atoms. The Morgan fingerprint density at radius 3 is 2.50 bits per heavy atom. The van der Waals surface area contributed by atoms with Crippen LogP contribution >= 0.6 is 0 Å². The molecular weight excluding hydrogens is 202 g/mol. The minimum atomic E-state index is -0.576. The van der Waals surface area contributed by atoms with Gasteiger partial charge in [-0.1, -0.05) is 20.3 Å². The summed E-state index contributed by atoms with van der Waals surface area (Å²) < 4.78 is 5.74. The zero-order chi connectivity index (χ0) is 11.8. The first-order valence-corrected chi connectivity index (χ1v) is 6.57. The van der Waals surface area contributed by atoms with Crippen molar-refractivity contribution in [2.75, 3.05) is 13.2 Å². The van der Waals surface area contributed by atoms with Crippen molar-refractivity contribution in [1.82, 2.24) is 0 Å². The third-order valence-corrected chi connectivity index (χ3v) is 4.82. The summed E-state index contributed by atoms with van der Waals surface area (Å²) in [6.45, 7) is 5.62. The molecule has 0 aromatic rings. The number of nitrogens with two attached hydrogens (primary N) is 1. The standard InChI is InChI=1S/C13H25NO2/c1-10(2)11-8-13(15,6-7-16-11)12(9-14)4-3-5-12/h10-11,15H,3-9,14H2,1-2H3. The molecule has 2 rings (SSSR count). The summed E-state index contributed by atoms with van der Waals surface area (Å²) in [5, 5.41) is 10.9. The Morgan fingerprint density at radius 2 is 2.06 bits per heavy atom. The maximum absolute atomic E-state index is 10.9. The first-order valence-electron chi connectivity index (χ1n) is 6.57. The SMILES string of the molecule is CC(C)C1CC(O)(C2(CN)CCC2)CCO1. The van der Waals surface area contributed by atoms with Gasteiger partial charge in [-0.2, -0.15) is 0 Å². The molecule has 2 aliphatic rings. The molecule has 1 aliphatic carbocycles. The van der Waals surface area contributed by atoms with Crippen LogP contribution in [-0.2, 0) is 4.74 Å². The van der Waals surface area contributed by atoms with E-state index in [0.717, 1.165) is 25.7 Å². The Kier molecular flexibility index (Phi) is 3.30. The van der Waals surface area contributed by atoms with Crippen molar-refractivity contribution in [1.29, 1.82) is 0 Å². The van der Waals surface area contributed by atoms with E-state index >= 15 is 0 Å². The Hall–Kier alpha value is -0.120. The molecule has 16 heavy (non-hydrogen) atoms. The largest absolute Gasteiger partial charge is 0.389 e. The minimum absolute atomic E-state index is 0.0100. The lowest BCUT2D eigenvalue weighted by Gasteiger charge is -2.56. The van der Waals surface area contributed by atoms with Gasteiger partial charge in [-0.15, -0.1) is 0 Å². The van der Waals surface area contributed by atoms with Crippen molar-refractivity contribution in [2.45, 2.75) is 57.7 Å². The fourth-order valence-electron chi connectivity index (χ4n) is 3.25. The van der Waals surface area contributed by atoms with E-state index in [1.54, 1.807) is 0 Å². The van der Waals surface area contributed by atoms with Crippen molar-refractivity contribution >= 4 is 0 Å². The number of rotatable bonds is 3. The molecule has 1 saturated heterocycles. The molecular formula is C13H25NO2. The number of aliphatic hydroxyl groups is 1. The second-order valence-corrected chi connectivity index (χ2v) is 5.98. The topological polar surface area (TPSA) is 55.5 Å². The second kappa shape index (κ2) is 4.28. The van der Waals surface area contributed by atoms with Gasteiger partial charge in [-0.25, -0.2) is 0 Å². The normalized spacial score (nSPS) is 38.4. The zero-order valence-corrected chi connectivity index (χ0v) is 10.5. The molecule has 2 atom stereocenters. The van der Waals surface area contributed by atoms with Gasteiger partial charge < -0.3 is 15.6 Å². The number of hydrogen-bond acceptors (Lipinski definition) is 3. The number of hydrogen-bond donors (Lipinski definition) is 2. The first kappa shape index (κ1) is 12.3. The van der Waals surface area contributed by atoms with Gasteiger partial charge in [0.05, 0.1) is 11.7 Å². The van der Waals surface area contributed by atoms with Crippen molar-refractivity contribution in [2.24, 2.45) is 17.1 Å². The van der Waals surface area contributed by atoms with Crippen LogP contribution in [0.3, 0.4) is 0 Å². The lowest BCUT2D eigenvalue weighted by atomic mass is 9.55. The van der Waals surface area contributed by atoms with Gasteiger partial charge in [0.1, 0.15) is 0 Å². The second-order valence-electron chi connectivity index (χ2n) is 5.98. The molecule has 0 radical (unpaired) electrons. The van der Waals surface area contributed by atoms with E-state index in [4.69, 9.17) is 10.5 Å². The van der Waals surface area contributed by atoms with Crippen LogP contribution in [0.15, 0.2) is 0 Å². The van der Waals surface area contributed by atoms with Gasteiger partial charge in [-0.3, -0.25) is 0 Å². The van der Waals surface area contributed by atoms with Crippen LogP contribution in [0.2, 0.25) is 0 Å². The lowest BCUT2D eigenvalue weighted by molar-refractivity contribution is -0.196. The molecule has 2 unspecified atom stereocenters. The molecule has 1 saturated carbocycles. The molecule has 2 fully saturated rings. The lowest BCUT2D eigenvalue weighted by Crippen LogP contribution is -2.60. The van der Waals surface area contributed by atoms with Crippen LogP contribution in [0.25, 0.3) is 0 Å². The Balaban J connectivity index is 2.11. The minimum Gasteiger partial charge on any atom is -0.389 e. The summed E-state index contributed by atoms with van der Waals surface area (Å²) in [6.07, 6.45) is 5.11. The summed E-state index contributed by atoms with van der Waals surface area (Å²) >= 11 is 0. The van der Waals surface area contributed by atoms with Crippen LogP contribution in [0.1, 0.15) is 46.0 Å². The highest BCUT2D eigenvalue weighted by molar-refractivity contribution is 5.06. The summed E-state index contributed by atoms with van der Waals surface area (Å²) in [5.74, 6) is 0.474. The van der Waals surface area contributed by atoms with E-state index in [2.05, 4.69) is 13.8 Å². The molecule has 3 nitrogen and oxygen atoms in total. The Labute approximate surface area is 98.4 Å². The molecule has 3 N–H and O–H groups in total. The highest BCUT2D eigenvalue weighted by atomic mass is 16.5. The molecule has 94 valence electrons. The summed E-state index contributed by atoms with van der Waals surface area (Å²) in [6, 6.07) is 0. The van der Waals surface area contributed by atoms with Crippen LogP contribution in [0, 0.1) is 11.3 Å². The van der Waals surface area contributed by atoms with Gasteiger partial charge in [0.15, 0.2) is 0 Å². The third-order valence-electron chi connectivity index (χ3n) is 4.82. The Morgan fingerprint density at radius 1 is 1.38 bits per heavy atom. The Bertz CT molecular complexity index is 245. The van der Waals surface area contributed by atoms with Gasteiger partial charge in [0, 0.05) is 31.4 Å². The molecule has 0 aromatic carbocycles. The predicted molar refractivity (Wildman–Crippen MR) is 64.1 cm³/mol. The van der Waals surface area contributed by atoms with E-state index in [-0.39, 0.29) is 11.5 Å². The van der Waals surface area contributed by atoms with Gasteiger partial charge >= 0.3 is 0 Å². The van der Waals surface area contributed by atoms with Crippen molar-refractivity contribution in [3.05, 3.63) is 0 Å². The third kappa shape index (κ3) is 1.79. The van der Waals surface area contributed by atoms with E-state index in [9.17, 15) is 5.11 Å². The zero-order valence-electron chi connectivity index (χ0n) is 10.5. The molecule has 1 heterocycles. The van der Waals surface area contributed by atoms with Crippen LogP contribution in [0.4, 0.5) is 0 Å². The molecule has 1 aliphatic heterocycles. The van der Waals surface area contributed by atoms with E-state index in [0.29, 0.717) is 19.1 Å². The van der Waals surface area contributed by atoms with Crippen molar-refractivity contribution in [3.8, 4) is 0 Å². The van der Waals surface area contributed by atoms with Gasteiger partial charge in [-0.05, 0) is 18.8 Å². The smallest absolute Gasteiger partial charge is 0.0762 e. The van der Waals surface area contributed by atoms with E-state index in [1.807, 2.05) is 0 Å². The maximum atomic E-state index is 10.9. The van der Waals surface area contributed by atoms with E-state index < -0.39 is 5.60 Å². The predicted octanol–water partition coefficient (Wildman–Crippen LogP) is 1.68. The highest BCUT2D eigenvalue weighted by Gasteiger charge is 2.54. The highest BCUT2D eigenvalue weighted by Crippen LogP contribution is 2.53. The van der Waals surface area contributed by atoms with E-state index in [1.165, 1.54) is 6.42 Å². The summed E-state index contributed by atoms with van der Waals surface area (Å²) in [7, 11) is 0. The van der Waals surface area contributed by atoms with Crippen LogP contribution < -0.4 is 5.73 Å². The maximum Gasteiger partial charge on any atom is 0.0762 e. The first-order chi connectivity index (χ1) is 7.53. The monoisotopic (exact) mass is 227 g/mol. The van der Waals surface area contributed by atoms with Crippen molar-refractivity contribution in [3.63, 3.8) is 0 Å². The molecule has 3 heteroatoms. The summed E-state index contributed by atoms with van der Waals surface area (Å²) in [4.78, 5) is 0. The van der Waals surface area contributed by atoms with Crippen molar-refractivity contribution < 1.29 is 9.84 Å². The fraction of sp³-hybridized carbons (Fsp3) is 1.00. The fourth-order valence-corrected chi connectivity index (χ4v) is 3.25. The van der Waals surface area contributed by atoms with Crippen LogP contribution in [0.5, 0.6) is 0 Å². The quantitative estimate of drug-likeness (QED) is 0.771. The van der Waals surface area contributed by atoms with Gasteiger partial charge in [0.25, 0.3) is 0 Å². The summed E-state index contributed by atoms with van der Waals surface area (Å²) in [5.41, 5.74) is 5.32. The molecule has 0 aromatic heterocycles. The average molecular weight is 227 g/mol. The number of ether oxygens (including phenoxy) is 1. The van der Waals surface area contributed by atoms with Crippen LogP contribution in [-0.4, -0.2) is 30.0 Å². The van der Waals surface area contributed by atoms with Gasteiger partial charge in [0.2, 0.25) is 0 Å². The molecule has 0 amide bonds. The average Bonchev–Trinajstić information content (AvgIpc) is 2.16. The molecule has 0 spiro atoms.